The molecule has 0 aliphatic heterocycles. The van der Waals surface area contributed by atoms with Crippen LogP contribution in [0.15, 0.2) is 60.1 Å². The van der Waals surface area contributed by atoms with Crippen LogP contribution in [-0.4, -0.2) is 23.3 Å². The molecular formula is C15H15NO2S. The van der Waals surface area contributed by atoms with Crippen LogP contribution < -0.4 is 4.74 Å². The lowest BCUT2D eigenvalue weighted by molar-refractivity contribution is 0.201. The van der Waals surface area contributed by atoms with E-state index in [1.54, 1.807) is 11.3 Å². The second-order valence-corrected chi connectivity index (χ2v) is 4.59. The highest BCUT2D eigenvalue weighted by Gasteiger charge is 1.89. The highest BCUT2D eigenvalue weighted by atomic mass is 32.1. The predicted octanol–water partition coefficient (Wildman–Crippen LogP) is 3.35. The SMILES string of the molecule is OCCOc1ccccc1.c1ccc2scnc2c1. The van der Waals surface area contributed by atoms with Gasteiger partial charge in [-0.1, -0.05) is 30.3 Å². The normalized spacial score (nSPS) is 9.74. The highest BCUT2D eigenvalue weighted by Crippen LogP contribution is 2.15. The Balaban J connectivity index is 0.000000141. The minimum absolute atomic E-state index is 0.0644. The van der Waals surface area contributed by atoms with Gasteiger partial charge in [-0.15, -0.1) is 11.3 Å². The van der Waals surface area contributed by atoms with Crippen LogP contribution >= 0.6 is 11.3 Å². The second-order valence-electron chi connectivity index (χ2n) is 3.71. The van der Waals surface area contributed by atoms with Gasteiger partial charge in [0.2, 0.25) is 0 Å². The van der Waals surface area contributed by atoms with Gasteiger partial charge < -0.3 is 9.84 Å². The van der Waals surface area contributed by atoms with Crippen LogP contribution in [0.1, 0.15) is 0 Å². The molecule has 1 heterocycles. The molecule has 0 amide bonds. The number of aromatic nitrogens is 1. The molecular weight excluding hydrogens is 258 g/mol. The summed E-state index contributed by atoms with van der Waals surface area (Å²) in [5.41, 5.74) is 2.97. The molecule has 0 saturated heterocycles. The maximum absolute atomic E-state index is 8.40. The smallest absolute Gasteiger partial charge is 0.119 e. The van der Waals surface area contributed by atoms with Crippen LogP contribution in [0.2, 0.25) is 0 Å². The van der Waals surface area contributed by atoms with E-state index in [0.29, 0.717) is 6.61 Å². The molecule has 0 aliphatic carbocycles. The van der Waals surface area contributed by atoms with Gasteiger partial charge in [0.05, 0.1) is 22.3 Å². The van der Waals surface area contributed by atoms with E-state index in [4.69, 9.17) is 9.84 Å². The first-order chi connectivity index (χ1) is 9.40. The fourth-order valence-electron chi connectivity index (χ4n) is 1.48. The standard InChI is InChI=1S/C8H10O2.C7H5NS/c9-6-7-10-8-4-2-1-3-5-8;1-2-4-7-6(3-1)8-5-9-7/h1-5,9H,6-7H2;1-5H. The predicted molar refractivity (Wildman–Crippen MR) is 78.6 cm³/mol. The Morgan fingerprint density at radius 1 is 1.00 bits per heavy atom. The van der Waals surface area contributed by atoms with Crippen molar-refractivity contribution < 1.29 is 9.84 Å². The van der Waals surface area contributed by atoms with E-state index < -0.39 is 0 Å². The monoisotopic (exact) mass is 273 g/mol. The third-order valence-corrected chi connectivity index (χ3v) is 3.15. The van der Waals surface area contributed by atoms with E-state index in [1.807, 2.05) is 54.0 Å². The Labute approximate surface area is 116 Å². The maximum atomic E-state index is 8.40. The summed E-state index contributed by atoms with van der Waals surface area (Å²) in [6.45, 7) is 0.429. The molecule has 0 radical (unpaired) electrons. The van der Waals surface area contributed by atoms with Crippen molar-refractivity contribution in [2.45, 2.75) is 0 Å². The number of fused-ring (bicyclic) bond motifs is 1. The number of ether oxygens (including phenoxy) is 1. The minimum atomic E-state index is 0.0644. The molecule has 1 aromatic heterocycles. The molecule has 3 rings (SSSR count). The Kier molecular flexibility index (Phi) is 5.34. The Bertz CT molecular complexity index is 565. The molecule has 1 N–H and O–H groups in total. The van der Waals surface area contributed by atoms with Gasteiger partial charge >= 0.3 is 0 Å². The molecule has 0 bridgehead atoms. The van der Waals surface area contributed by atoms with Crippen LogP contribution in [0.25, 0.3) is 10.2 Å². The fourth-order valence-corrected chi connectivity index (χ4v) is 2.16. The molecule has 3 nitrogen and oxygen atoms in total. The highest BCUT2D eigenvalue weighted by molar-refractivity contribution is 7.16. The summed E-state index contributed by atoms with van der Waals surface area (Å²) < 4.78 is 6.37. The van der Waals surface area contributed by atoms with Crippen LogP contribution in [-0.2, 0) is 0 Å². The zero-order valence-corrected chi connectivity index (χ0v) is 11.2. The molecule has 0 atom stereocenters. The maximum Gasteiger partial charge on any atom is 0.119 e. The number of hydrogen-bond donors (Lipinski definition) is 1. The van der Waals surface area contributed by atoms with Crippen molar-refractivity contribution in [2.24, 2.45) is 0 Å². The van der Waals surface area contributed by atoms with E-state index in [0.717, 1.165) is 11.3 Å². The zero-order chi connectivity index (χ0) is 13.3. The number of nitrogens with zero attached hydrogens (tertiary/aromatic N) is 1. The van der Waals surface area contributed by atoms with Gasteiger partial charge in [-0.05, 0) is 24.3 Å². The average molecular weight is 273 g/mol. The van der Waals surface area contributed by atoms with Crippen LogP contribution in [0.4, 0.5) is 0 Å². The third-order valence-electron chi connectivity index (χ3n) is 2.34. The molecule has 4 heteroatoms. The summed E-state index contributed by atoms with van der Waals surface area (Å²) in [6, 6.07) is 17.6. The average Bonchev–Trinajstić information content (AvgIpc) is 2.95. The van der Waals surface area contributed by atoms with Crippen molar-refractivity contribution >= 4 is 21.6 Å². The Hall–Kier alpha value is -1.91. The largest absolute Gasteiger partial charge is 0.491 e. The Morgan fingerprint density at radius 2 is 1.74 bits per heavy atom. The molecule has 98 valence electrons. The number of aliphatic hydroxyl groups excluding tert-OH is 1. The third kappa shape index (κ3) is 4.35. The van der Waals surface area contributed by atoms with Gasteiger partial charge in [0.15, 0.2) is 0 Å². The molecule has 0 spiro atoms. The Morgan fingerprint density at radius 3 is 2.47 bits per heavy atom. The van der Waals surface area contributed by atoms with Gasteiger partial charge in [-0.2, -0.15) is 0 Å². The van der Waals surface area contributed by atoms with E-state index in [9.17, 15) is 0 Å². The minimum Gasteiger partial charge on any atom is -0.491 e. The van der Waals surface area contributed by atoms with Crippen molar-refractivity contribution in [1.29, 1.82) is 0 Å². The first-order valence-electron chi connectivity index (χ1n) is 5.97. The molecule has 2 aromatic carbocycles. The van der Waals surface area contributed by atoms with Gasteiger partial charge in [0.1, 0.15) is 12.4 Å². The lowest BCUT2D eigenvalue weighted by Crippen LogP contribution is -2.00. The lowest BCUT2D eigenvalue weighted by Gasteiger charge is -2.01. The quantitative estimate of drug-likeness (QED) is 0.795. The summed E-state index contributed by atoms with van der Waals surface area (Å²) in [4.78, 5) is 4.14. The van der Waals surface area contributed by atoms with Crippen LogP contribution in [0.5, 0.6) is 5.75 Å². The lowest BCUT2D eigenvalue weighted by atomic mass is 10.3. The molecule has 0 fully saturated rings. The van der Waals surface area contributed by atoms with Gasteiger partial charge in [0.25, 0.3) is 0 Å². The van der Waals surface area contributed by atoms with E-state index in [-0.39, 0.29) is 6.61 Å². The van der Waals surface area contributed by atoms with Crippen molar-refractivity contribution in [3.8, 4) is 5.75 Å². The summed E-state index contributed by atoms with van der Waals surface area (Å²) in [5.74, 6) is 0.802. The molecule has 0 saturated carbocycles. The van der Waals surface area contributed by atoms with Gasteiger partial charge in [-0.25, -0.2) is 4.98 Å². The summed E-state index contributed by atoms with van der Waals surface area (Å²) >= 11 is 1.68. The van der Waals surface area contributed by atoms with E-state index in [2.05, 4.69) is 11.1 Å². The van der Waals surface area contributed by atoms with E-state index >= 15 is 0 Å². The first-order valence-corrected chi connectivity index (χ1v) is 6.85. The molecule has 3 aromatic rings. The zero-order valence-electron chi connectivity index (χ0n) is 10.4. The number of rotatable bonds is 3. The molecule has 0 unspecified atom stereocenters. The van der Waals surface area contributed by atoms with Crippen LogP contribution in [0.3, 0.4) is 0 Å². The van der Waals surface area contributed by atoms with Crippen molar-refractivity contribution in [3.63, 3.8) is 0 Å². The number of thiazole rings is 1. The topological polar surface area (TPSA) is 42.4 Å². The fraction of sp³-hybridized carbons (Fsp3) is 0.133. The summed E-state index contributed by atoms with van der Waals surface area (Å²) in [5, 5.41) is 8.40. The van der Waals surface area contributed by atoms with Crippen LogP contribution in [0, 0.1) is 0 Å². The van der Waals surface area contributed by atoms with Crippen molar-refractivity contribution in [3.05, 3.63) is 60.1 Å². The van der Waals surface area contributed by atoms with Gasteiger partial charge in [0, 0.05) is 0 Å². The number of aliphatic hydroxyl groups is 1. The van der Waals surface area contributed by atoms with Crippen molar-refractivity contribution in [1.82, 2.24) is 4.98 Å². The molecule has 0 aliphatic rings. The first kappa shape index (κ1) is 13.5. The number of hydrogen-bond acceptors (Lipinski definition) is 4. The van der Waals surface area contributed by atoms with Gasteiger partial charge in [-0.3, -0.25) is 0 Å². The number of benzene rings is 2. The van der Waals surface area contributed by atoms with Crippen molar-refractivity contribution in [2.75, 3.05) is 13.2 Å². The van der Waals surface area contributed by atoms with E-state index in [1.165, 1.54) is 4.70 Å². The summed E-state index contributed by atoms with van der Waals surface area (Å²) in [6.07, 6.45) is 0. The molecule has 19 heavy (non-hydrogen) atoms. The second kappa shape index (κ2) is 7.51. The summed E-state index contributed by atoms with van der Waals surface area (Å²) in [7, 11) is 0. The number of para-hydroxylation sites is 2.